The Morgan fingerprint density at radius 3 is 2.25 bits per heavy atom. The summed E-state index contributed by atoms with van der Waals surface area (Å²) >= 11 is 0.807. The molecule has 2 atom stereocenters. The molecule has 2 heteroatoms. The molecule has 0 aliphatic heterocycles. The van der Waals surface area contributed by atoms with E-state index < -0.39 is 0 Å². The van der Waals surface area contributed by atoms with E-state index in [1.165, 1.54) is 19.3 Å². The van der Waals surface area contributed by atoms with E-state index in [4.69, 9.17) is 0 Å². The van der Waals surface area contributed by atoms with Gasteiger partial charge >= 0.3 is 66.4 Å². The topological polar surface area (TPSA) is 20.2 Å². The molecule has 0 aromatic heterocycles. The third-order valence-electron chi connectivity index (χ3n) is 1.87. The van der Waals surface area contributed by atoms with Gasteiger partial charge in [0.05, 0.1) is 0 Å². The molecule has 0 spiro atoms. The van der Waals surface area contributed by atoms with Crippen LogP contribution in [0.5, 0.6) is 0 Å². The second-order valence-electron chi connectivity index (χ2n) is 2.61. The van der Waals surface area contributed by atoms with Gasteiger partial charge in [-0.15, -0.1) is 0 Å². The van der Waals surface area contributed by atoms with E-state index in [1.54, 1.807) is 0 Å². The van der Waals surface area contributed by atoms with Crippen molar-refractivity contribution in [2.24, 2.45) is 0 Å². The van der Waals surface area contributed by atoms with Crippen LogP contribution in [0.4, 0.5) is 0 Å². The van der Waals surface area contributed by atoms with Crippen molar-refractivity contribution < 1.29 is 31.2 Å². The van der Waals surface area contributed by atoms with E-state index in [9.17, 15) is 5.11 Å². The maximum absolute atomic E-state index is 9.23. The van der Waals surface area contributed by atoms with Gasteiger partial charge < -0.3 is 0 Å². The fourth-order valence-electron chi connectivity index (χ4n) is 1.19. The third-order valence-corrected chi connectivity index (χ3v) is 5.57. The summed E-state index contributed by atoms with van der Waals surface area (Å²) in [6.45, 7) is 0. The fourth-order valence-corrected chi connectivity index (χ4v) is 3.23. The Morgan fingerprint density at radius 2 is 1.88 bits per heavy atom. The summed E-state index contributed by atoms with van der Waals surface area (Å²) in [4.78, 5) is 0. The van der Waals surface area contributed by atoms with E-state index in [2.05, 4.69) is 0 Å². The van der Waals surface area contributed by atoms with Crippen molar-refractivity contribution >= 4 is 0 Å². The first-order valence-corrected chi connectivity index (χ1v) is 6.49. The fraction of sp³-hybridized carbons (Fsp3) is 1.00. The number of aliphatic hydroxyl groups is 1. The van der Waals surface area contributed by atoms with Crippen molar-refractivity contribution in [3.8, 4) is 0 Å². The van der Waals surface area contributed by atoms with Crippen molar-refractivity contribution in [1.29, 1.82) is 0 Å². The van der Waals surface area contributed by atoms with Crippen molar-refractivity contribution in [2.75, 3.05) is 0 Å². The predicted molar refractivity (Wildman–Crippen MR) is 28.2 cm³/mol. The van der Waals surface area contributed by atoms with E-state index >= 15 is 0 Å². The van der Waals surface area contributed by atoms with Crippen LogP contribution in [0.15, 0.2) is 0 Å². The minimum atomic E-state index is 0.0899. The molecule has 0 heterocycles. The van der Waals surface area contributed by atoms with Crippen LogP contribution in [0.3, 0.4) is 0 Å². The van der Waals surface area contributed by atoms with Crippen molar-refractivity contribution in [2.45, 2.75) is 35.2 Å². The first-order valence-electron chi connectivity index (χ1n) is 3.32. The minimum absolute atomic E-state index is 0.0899. The number of hydrogen-bond donors (Lipinski definition) is 1. The zero-order chi connectivity index (χ0) is 5.98. The summed E-state index contributed by atoms with van der Waals surface area (Å²) in [5.74, 6) is 0. The molecule has 1 saturated carbocycles. The number of rotatable bonds is 0. The molecule has 1 nitrogen and oxygen atoms in total. The normalized spacial score (nSPS) is 39.9. The second kappa shape index (κ2) is 3.16. The van der Waals surface area contributed by atoms with E-state index in [0.717, 1.165) is 36.0 Å². The van der Waals surface area contributed by atoms with Gasteiger partial charge in [-0.05, 0) is 0 Å². The van der Waals surface area contributed by atoms with Crippen molar-refractivity contribution in [3.05, 3.63) is 0 Å². The molecule has 0 amide bonds. The zero-order valence-corrected chi connectivity index (χ0v) is 10.6. The molecule has 8 heavy (non-hydrogen) atoms. The summed E-state index contributed by atoms with van der Waals surface area (Å²) in [7, 11) is 0. The van der Waals surface area contributed by atoms with Crippen LogP contribution in [0, 0.1) is 0 Å². The predicted octanol–water partition coefficient (Wildman–Crippen LogP) is 1.26. The van der Waals surface area contributed by atoms with Crippen molar-refractivity contribution in [3.63, 3.8) is 0 Å². The van der Waals surface area contributed by atoms with Crippen LogP contribution in [0.1, 0.15) is 25.7 Å². The average molecular weight is 300 g/mol. The third kappa shape index (κ3) is 1.69. The maximum atomic E-state index is 9.23. The van der Waals surface area contributed by atoms with Crippen molar-refractivity contribution in [1.82, 2.24) is 0 Å². The monoisotopic (exact) mass is 301 g/mol. The molecule has 43 valence electrons. The molecule has 1 N–H and O–H groups in total. The van der Waals surface area contributed by atoms with Gasteiger partial charge in [0.1, 0.15) is 0 Å². The van der Waals surface area contributed by atoms with Crippen LogP contribution in [-0.2, 0) is 26.1 Å². The molecular weight excluding hydrogens is 289 g/mol. The quantitative estimate of drug-likeness (QED) is 0.668. The Hall–Kier alpha value is 0.895. The molecule has 0 radical (unpaired) electrons. The van der Waals surface area contributed by atoms with Crippen LogP contribution in [0.25, 0.3) is 0 Å². The summed E-state index contributed by atoms with van der Waals surface area (Å²) in [5.41, 5.74) is 0. The van der Waals surface area contributed by atoms with Crippen LogP contribution < -0.4 is 0 Å². The molecular formula is C6H11HgO. The molecule has 1 aliphatic carbocycles. The number of aliphatic hydroxyl groups excluding tert-OH is 1. The Balaban J connectivity index is 2.28. The van der Waals surface area contributed by atoms with Gasteiger partial charge in [-0.1, -0.05) is 0 Å². The molecule has 0 aromatic carbocycles. The zero-order valence-electron chi connectivity index (χ0n) is 5.14. The van der Waals surface area contributed by atoms with E-state index in [1.807, 2.05) is 0 Å². The molecule has 2 unspecified atom stereocenters. The number of hydrogen-bond acceptors (Lipinski definition) is 1. The summed E-state index contributed by atoms with van der Waals surface area (Å²) in [6.07, 6.45) is 5.10. The summed E-state index contributed by atoms with van der Waals surface area (Å²) in [6, 6.07) is 0. The summed E-state index contributed by atoms with van der Waals surface area (Å²) in [5, 5.41) is 9.23. The average Bonchev–Trinajstić information content (AvgIpc) is 1.77. The molecule has 0 bridgehead atoms. The SMILES string of the molecule is OC1CCCC[CH]1[Hg]. The van der Waals surface area contributed by atoms with Gasteiger partial charge in [-0.2, -0.15) is 0 Å². The second-order valence-corrected chi connectivity index (χ2v) is 6.69. The first-order chi connectivity index (χ1) is 3.80. The van der Waals surface area contributed by atoms with Gasteiger partial charge in [0.25, 0.3) is 0 Å². The van der Waals surface area contributed by atoms with Crippen LogP contribution in [-0.4, -0.2) is 11.2 Å². The Kier molecular flexibility index (Phi) is 2.77. The van der Waals surface area contributed by atoms with Gasteiger partial charge in [0.15, 0.2) is 0 Å². The molecule has 1 aliphatic rings. The Morgan fingerprint density at radius 1 is 1.25 bits per heavy atom. The molecule has 0 saturated heterocycles. The molecule has 0 aromatic rings. The van der Waals surface area contributed by atoms with Crippen LogP contribution in [0.2, 0.25) is 3.43 Å². The van der Waals surface area contributed by atoms with Gasteiger partial charge in [0, 0.05) is 0 Å². The van der Waals surface area contributed by atoms with E-state index in [0.29, 0.717) is 0 Å². The molecule has 1 fully saturated rings. The standard InChI is InChI=1S/C6H11O.Hg/c7-6-4-2-1-3-5-6;/h4,6-7H,1-3,5H2;. The Labute approximate surface area is 66.4 Å². The van der Waals surface area contributed by atoms with Gasteiger partial charge in [-0.3, -0.25) is 0 Å². The van der Waals surface area contributed by atoms with Gasteiger partial charge in [-0.25, -0.2) is 0 Å². The first kappa shape index (κ1) is 7.01. The van der Waals surface area contributed by atoms with E-state index in [-0.39, 0.29) is 6.10 Å². The van der Waals surface area contributed by atoms with Gasteiger partial charge in [0.2, 0.25) is 0 Å². The van der Waals surface area contributed by atoms with Crippen LogP contribution >= 0.6 is 0 Å². The Bertz CT molecular complexity index is 64.9. The molecule has 1 rings (SSSR count). The summed E-state index contributed by atoms with van der Waals surface area (Å²) < 4.78 is 0.753.